The van der Waals surface area contributed by atoms with Crippen LogP contribution in [0.5, 0.6) is 0 Å². The minimum Gasteiger partial charge on any atom is -0.475 e. The van der Waals surface area contributed by atoms with Crippen LogP contribution in [0, 0.1) is 0 Å². The van der Waals surface area contributed by atoms with Gasteiger partial charge in [-0.15, -0.1) is 0 Å². The van der Waals surface area contributed by atoms with Crippen molar-refractivity contribution in [3.63, 3.8) is 0 Å². The summed E-state index contributed by atoms with van der Waals surface area (Å²) in [6.07, 6.45) is -6.86. The van der Waals surface area contributed by atoms with Crippen LogP contribution in [-0.4, -0.2) is 122 Å². The van der Waals surface area contributed by atoms with E-state index in [-0.39, 0.29) is 5.92 Å². The van der Waals surface area contributed by atoms with E-state index in [0.717, 1.165) is 19.5 Å². The molecular formula is C32H38F3N7O6. The van der Waals surface area contributed by atoms with E-state index in [1.807, 2.05) is 36.4 Å². The summed E-state index contributed by atoms with van der Waals surface area (Å²) in [6, 6.07) is 21.1. The van der Waals surface area contributed by atoms with Gasteiger partial charge in [-0.05, 0) is 31.6 Å². The first-order valence-corrected chi connectivity index (χ1v) is 15.3. The van der Waals surface area contributed by atoms with Gasteiger partial charge in [0.15, 0.2) is 23.2 Å². The van der Waals surface area contributed by atoms with Gasteiger partial charge in [-0.3, -0.25) is 4.57 Å². The van der Waals surface area contributed by atoms with Crippen molar-refractivity contribution in [3.05, 3.63) is 78.1 Å². The summed E-state index contributed by atoms with van der Waals surface area (Å²) >= 11 is 0. The Morgan fingerprint density at radius 1 is 1.04 bits per heavy atom. The minimum absolute atomic E-state index is 0.0679. The molecule has 2 aliphatic heterocycles. The average molecular weight is 674 g/mol. The van der Waals surface area contributed by atoms with Gasteiger partial charge in [0.2, 0.25) is 5.95 Å². The van der Waals surface area contributed by atoms with Crippen LogP contribution in [0.25, 0.3) is 11.2 Å². The standard InChI is InChI=1S/C30H37N7O4.C2HF3O2/c1-35(2)21-13-14-36(16-21)30-33-27(31-15-22(19-9-5-3-6-10-19)20-11-7-4-8-12-20)24-28(34-30)37(18-32-24)29-26(40)25(39)23(17-38)41-29;3-2(4,5)1(6)7/h3-12,18,21-23,25-26,29,38-40H,13-17H2,1-2H3,(H,31,33,34);(H,6,7)/t21?,23-,25-,26-,29-;/m1./s1. The van der Waals surface area contributed by atoms with E-state index in [9.17, 15) is 28.5 Å². The second-order valence-corrected chi connectivity index (χ2v) is 11.8. The number of imidazole rings is 1. The topological polar surface area (TPSA) is 169 Å². The largest absolute Gasteiger partial charge is 0.490 e. The molecule has 5 N–H and O–H groups in total. The molecule has 4 heterocycles. The molecule has 4 aromatic rings. The van der Waals surface area contributed by atoms with Gasteiger partial charge in [-0.25, -0.2) is 9.78 Å². The lowest BCUT2D eigenvalue weighted by atomic mass is 9.91. The number of carboxylic acid groups (broad SMARTS) is 1. The number of halogens is 3. The number of benzene rings is 2. The van der Waals surface area contributed by atoms with Crippen LogP contribution in [0.4, 0.5) is 24.9 Å². The van der Waals surface area contributed by atoms with Gasteiger partial charge in [-0.1, -0.05) is 60.7 Å². The highest BCUT2D eigenvalue weighted by atomic mass is 19.4. The third-order valence-electron chi connectivity index (χ3n) is 8.50. The van der Waals surface area contributed by atoms with Crippen LogP contribution in [0.15, 0.2) is 67.0 Å². The molecule has 13 nitrogen and oxygen atoms in total. The van der Waals surface area contributed by atoms with Crippen molar-refractivity contribution in [3.8, 4) is 0 Å². The number of aliphatic hydroxyl groups is 3. The summed E-state index contributed by atoms with van der Waals surface area (Å²) in [7, 11) is 4.16. The Morgan fingerprint density at radius 3 is 2.15 bits per heavy atom. The Bertz CT molecular complexity index is 1620. The molecule has 0 spiro atoms. The normalized spacial score (nSPS) is 22.7. The summed E-state index contributed by atoms with van der Waals surface area (Å²) in [5.41, 5.74) is 3.38. The Balaban J connectivity index is 0.000000582. The summed E-state index contributed by atoms with van der Waals surface area (Å²) < 4.78 is 39.2. The molecule has 2 aromatic heterocycles. The summed E-state index contributed by atoms with van der Waals surface area (Å²) in [6.45, 7) is 1.76. The van der Waals surface area contributed by atoms with Crippen molar-refractivity contribution < 1.29 is 43.1 Å². The smallest absolute Gasteiger partial charge is 0.475 e. The molecule has 1 unspecified atom stereocenters. The first-order valence-electron chi connectivity index (χ1n) is 15.3. The second kappa shape index (κ2) is 14.8. The van der Waals surface area contributed by atoms with Crippen LogP contribution >= 0.6 is 0 Å². The third kappa shape index (κ3) is 7.68. The molecule has 2 aliphatic rings. The first kappa shape index (κ1) is 35.0. The average Bonchev–Trinajstić information content (AvgIpc) is 3.80. The van der Waals surface area contributed by atoms with Crippen LogP contribution < -0.4 is 10.2 Å². The number of aromatic nitrogens is 4. The first-order chi connectivity index (χ1) is 22.9. The monoisotopic (exact) mass is 673 g/mol. The van der Waals surface area contributed by atoms with Crippen molar-refractivity contribution in [1.82, 2.24) is 24.4 Å². The Morgan fingerprint density at radius 2 is 1.65 bits per heavy atom. The number of carbonyl (C=O) groups is 1. The maximum atomic E-state index is 10.8. The number of nitrogens with zero attached hydrogens (tertiary/aromatic N) is 6. The van der Waals surface area contributed by atoms with E-state index in [1.54, 1.807) is 10.9 Å². The molecule has 5 atom stereocenters. The fraction of sp³-hybridized carbons (Fsp3) is 0.438. The molecule has 0 radical (unpaired) electrons. The molecule has 48 heavy (non-hydrogen) atoms. The fourth-order valence-corrected chi connectivity index (χ4v) is 5.81. The maximum Gasteiger partial charge on any atom is 0.490 e. The zero-order valence-corrected chi connectivity index (χ0v) is 26.3. The van der Waals surface area contributed by atoms with Crippen LogP contribution in [-0.2, 0) is 9.53 Å². The number of hydrogen-bond acceptors (Lipinski definition) is 11. The lowest BCUT2D eigenvalue weighted by Gasteiger charge is -2.23. The summed E-state index contributed by atoms with van der Waals surface area (Å²) in [4.78, 5) is 27.7. The molecule has 0 aliphatic carbocycles. The molecular weight excluding hydrogens is 635 g/mol. The van der Waals surface area contributed by atoms with Gasteiger partial charge in [-0.2, -0.15) is 23.1 Å². The zero-order valence-electron chi connectivity index (χ0n) is 26.3. The lowest BCUT2D eigenvalue weighted by Crippen LogP contribution is -2.33. The van der Waals surface area contributed by atoms with E-state index in [0.29, 0.717) is 35.5 Å². The highest BCUT2D eigenvalue weighted by molar-refractivity contribution is 5.84. The number of anilines is 2. The number of nitrogens with one attached hydrogen (secondary N) is 1. The lowest BCUT2D eigenvalue weighted by molar-refractivity contribution is -0.192. The van der Waals surface area contributed by atoms with Crippen molar-refractivity contribution in [2.45, 2.75) is 49.1 Å². The number of aliphatic carboxylic acids is 1. The van der Waals surface area contributed by atoms with E-state index in [4.69, 9.17) is 24.6 Å². The predicted molar refractivity (Wildman–Crippen MR) is 170 cm³/mol. The second-order valence-electron chi connectivity index (χ2n) is 11.8. The Hall–Kier alpha value is -4.35. The van der Waals surface area contributed by atoms with Crippen LogP contribution in [0.3, 0.4) is 0 Å². The SMILES string of the molecule is CN(C)C1CCN(c2nc(NCC(c3ccccc3)c3ccccc3)c3ncn([C@@H]4O[C@H](CO)[C@@H](O)[C@H]4O)c3n2)C1.O=C(O)C(F)(F)F. The van der Waals surface area contributed by atoms with E-state index < -0.39 is 43.3 Å². The van der Waals surface area contributed by atoms with Crippen LogP contribution in [0.1, 0.15) is 29.7 Å². The molecule has 0 bridgehead atoms. The number of alkyl halides is 3. The molecule has 16 heteroatoms. The quantitative estimate of drug-likeness (QED) is 0.176. The number of ether oxygens (including phenoxy) is 1. The van der Waals surface area contributed by atoms with Gasteiger partial charge in [0.25, 0.3) is 0 Å². The number of rotatable bonds is 9. The maximum absolute atomic E-state index is 10.8. The molecule has 2 fully saturated rings. The summed E-state index contributed by atoms with van der Waals surface area (Å²) in [5, 5.41) is 41.5. The molecule has 2 aromatic carbocycles. The van der Waals surface area contributed by atoms with Gasteiger partial charge in [0.1, 0.15) is 18.3 Å². The van der Waals surface area contributed by atoms with Crippen molar-refractivity contribution >= 4 is 28.9 Å². The number of fused-ring (bicyclic) bond motifs is 1. The van der Waals surface area contributed by atoms with Gasteiger partial charge in [0.05, 0.1) is 12.9 Å². The Labute approximate surface area is 274 Å². The number of aliphatic hydroxyl groups excluding tert-OH is 3. The molecule has 258 valence electrons. The van der Waals surface area contributed by atoms with Crippen molar-refractivity contribution in [2.75, 3.05) is 50.6 Å². The number of hydrogen-bond donors (Lipinski definition) is 5. The van der Waals surface area contributed by atoms with Crippen molar-refractivity contribution in [1.29, 1.82) is 0 Å². The highest BCUT2D eigenvalue weighted by Gasteiger charge is 2.44. The van der Waals surface area contributed by atoms with Gasteiger partial charge in [0, 0.05) is 31.6 Å². The third-order valence-corrected chi connectivity index (χ3v) is 8.50. The van der Waals surface area contributed by atoms with Gasteiger partial charge < -0.3 is 40.3 Å². The highest BCUT2D eigenvalue weighted by Crippen LogP contribution is 2.34. The predicted octanol–water partition coefficient (Wildman–Crippen LogP) is 2.46. The Kier molecular flexibility index (Phi) is 10.8. The molecule has 0 saturated carbocycles. The molecule has 6 rings (SSSR count). The fourth-order valence-electron chi connectivity index (χ4n) is 5.81. The number of carboxylic acids is 1. The molecule has 0 amide bonds. The summed E-state index contributed by atoms with van der Waals surface area (Å²) in [5.74, 6) is -1.54. The minimum atomic E-state index is -5.08. The van der Waals surface area contributed by atoms with E-state index in [2.05, 4.69) is 58.5 Å². The van der Waals surface area contributed by atoms with Crippen molar-refractivity contribution in [2.24, 2.45) is 0 Å². The number of likely N-dealkylation sites (N-methyl/N-ethyl adjacent to an activating group) is 1. The van der Waals surface area contributed by atoms with E-state index in [1.165, 1.54) is 11.1 Å². The van der Waals surface area contributed by atoms with E-state index >= 15 is 0 Å². The van der Waals surface area contributed by atoms with Gasteiger partial charge >= 0.3 is 12.1 Å². The van der Waals surface area contributed by atoms with Crippen LogP contribution in [0.2, 0.25) is 0 Å². The molecule has 2 saturated heterocycles. The zero-order chi connectivity index (χ0) is 34.6.